The molecule has 1 rings (SSSR count). The molecular weight excluding hydrogens is 259 g/mol. The van der Waals surface area contributed by atoms with Crippen LogP contribution in [0.1, 0.15) is 5.56 Å². The van der Waals surface area contributed by atoms with Crippen LogP contribution in [0, 0.1) is 11.6 Å². The highest BCUT2D eigenvalue weighted by molar-refractivity contribution is 6.36. The first kappa shape index (κ1) is 13.2. The van der Waals surface area contributed by atoms with Crippen LogP contribution in [-0.4, -0.2) is 6.61 Å². The van der Waals surface area contributed by atoms with Crippen molar-refractivity contribution in [3.8, 4) is 5.75 Å². The molecule has 1 aromatic rings. The second kappa shape index (κ2) is 6.03. The van der Waals surface area contributed by atoms with Crippen molar-refractivity contribution in [2.45, 2.75) is 6.54 Å². The minimum absolute atomic E-state index is 0.0520. The van der Waals surface area contributed by atoms with Crippen molar-refractivity contribution in [3.63, 3.8) is 0 Å². The normalized spacial score (nSPS) is 11.7. The molecule has 0 unspecified atom stereocenters. The molecule has 16 heavy (non-hydrogen) atoms. The Bertz CT molecular complexity index is 387. The van der Waals surface area contributed by atoms with Gasteiger partial charge in [-0.25, -0.2) is 8.78 Å². The van der Waals surface area contributed by atoms with Gasteiger partial charge in [-0.05, 0) is 17.7 Å². The van der Waals surface area contributed by atoms with Gasteiger partial charge >= 0.3 is 0 Å². The predicted octanol–water partition coefficient (Wildman–Crippen LogP) is 3.12. The average Bonchev–Trinajstić information content (AvgIpc) is 2.27. The number of nitrogens with two attached hydrogens (primary N) is 1. The monoisotopic (exact) mass is 267 g/mol. The lowest BCUT2D eigenvalue weighted by molar-refractivity contribution is 0.317. The van der Waals surface area contributed by atoms with E-state index in [9.17, 15) is 8.78 Å². The maximum absolute atomic E-state index is 13.3. The van der Waals surface area contributed by atoms with Crippen LogP contribution in [0.25, 0.3) is 0 Å². The Hall–Kier alpha value is -0.840. The summed E-state index contributed by atoms with van der Waals surface area (Å²) in [6, 6.07) is 2.22. The quantitative estimate of drug-likeness (QED) is 0.910. The molecule has 0 bridgehead atoms. The molecule has 0 amide bonds. The molecule has 0 aliphatic heterocycles. The second-order valence-electron chi connectivity index (χ2n) is 2.94. The van der Waals surface area contributed by atoms with Crippen molar-refractivity contribution in [3.05, 3.63) is 39.9 Å². The Morgan fingerprint density at radius 3 is 2.38 bits per heavy atom. The van der Waals surface area contributed by atoms with Crippen LogP contribution in [0.4, 0.5) is 8.78 Å². The van der Waals surface area contributed by atoms with Crippen molar-refractivity contribution in [1.29, 1.82) is 0 Å². The molecule has 0 saturated carbocycles. The van der Waals surface area contributed by atoms with Gasteiger partial charge in [0.2, 0.25) is 0 Å². The Balaban J connectivity index is 2.88. The average molecular weight is 268 g/mol. The Labute approximate surface area is 102 Å². The standard InChI is InChI=1S/C10H9Cl2F2NO/c11-3-7(12)5-16-10-8(13)1-6(4-15)2-9(10)14/h1-3H,4-5,15H2. The third kappa shape index (κ3) is 3.33. The summed E-state index contributed by atoms with van der Waals surface area (Å²) in [5.41, 5.74) is 6.67. The fourth-order valence-corrected chi connectivity index (χ4v) is 1.16. The molecular formula is C10H9Cl2F2NO. The van der Waals surface area contributed by atoms with Crippen LogP contribution < -0.4 is 10.5 Å². The largest absolute Gasteiger partial charge is 0.482 e. The molecule has 0 atom stereocenters. The van der Waals surface area contributed by atoms with Gasteiger partial charge in [0.1, 0.15) is 6.61 Å². The summed E-state index contributed by atoms with van der Waals surface area (Å²) < 4.78 is 31.5. The molecule has 0 spiro atoms. The fraction of sp³-hybridized carbons (Fsp3) is 0.200. The first-order chi connectivity index (χ1) is 7.58. The summed E-state index contributed by atoms with van der Waals surface area (Å²) in [5.74, 6) is -2.13. The summed E-state index contributed by atoms with van der Waals surface area (Å²) in [7, 11) is 0. The molecule has 88 valence electrons. The molecule has 6 heteroatoms. The Kier molecular flexibility index (Phi) is 4.99. The number of hydrogen-bond donors (Lipinski definition) is 1. The van der Waals surface area contributed by atoms with Crippen molar-refractivity contribution >= 4 is 23.2 Å². The first-order valence-electron chi connectivity index (χ1n) is 4.34. The second-order valence-corrected chi connectivity index (χ2v) is 3.64. The lowest BCUT2D eigenvalue weighted by Crippen LogP contribution is -2.04. The van der Waals surface area contributed by atoms with Crippen molar-refractivity contribution in [1.82, 2.24) is 0 Å². The number of ether oxygens (including phenoxy) is 1. The van der Waals surface area contributed by atoms with Crippen LogP contribution in [0.3, 0.4) is 0 Å². The van der Waals surface area contributed by atoms with Crippen molar-refractivity contribution in [2.75, 3.05) is 6.61 Å². The van der Waals surface area contributed by atoms with E-state index in [1.807, 2.05) is 0 Å². The van der Waals surface area contributed by atoms with Gasteiger partial charge in [0.15, 0.2) is 17.4 Å². The van der Waals surface area contributed by atoms with E-state index >= 15 is 0 Å². The molecule has 0 aliphatic carbocycles. The summed E-state index contributed by atoms with van der Waals surface area (Å²) in [6.07, 6.45) is 0. The highest BCUT2D eigenvalue weighted by Crippen LogP contribution is 2.24. The number of hydrogen-bond acceptors (Lipinski definition) is 2. The van der Waals surface area contributed by atoms with E-state index in [0.717, 1.165) is 17.7 Å². The highest BCUT2D eigenvalue weighted by Gasteiger charge is 2.12. The third-order valence-corrected chi connectivity index (χ3v) is 2.36. The minimum atomic E-state index is -0.820. The number of rotatable bonds is 4. The van der Waals surface area contributed by atoms with Gasteiger partial charge < -0.3 is 10.5 Å². The summed E-state index contributed by atoms with van der Waals surface area (Å²) in [6.45, 7) is -0.142. The van der Waals surface area contributed by atoms with Gasteiger partial charge in [0.05, 0.1) is 5.03 Å². The van der Waals surface area contributed by atoms with Crippen LogP contribution >= 0.6 is 23.2 Å². The van der Waals surface area contributed by atoms with E-state index in [1.54, 1.807) is 0 Å². The lowest BCUT2D eigenvalue weighted by atomic mass is 10.2. The predicted molar refractivity (Wildman–Crippen MR) is 59.5 cm³/mol. The highest BCUT2D eigenvalue weighted by atomic mass is 35.5. The molecule has 2 nitrogen and oxygen atoms in total. The van der Waals surface area contributed by atoms with Gasteiger partial charge in [-0.3, -0.25) is 0 Å². The van der Waals surface area contributed by atoms with Crippen molar-refractivity contribution in [2.24, 2.45) is 5.73 Å². The van der Waals surface area contributed by atoms with Crippen LogP contribution in [0.5, 0.6) is 5.75 Å². The zero-order valence-electron chi connectivity index (χ0n) is 8.14. The molecule has 0 aromatic heterocycles. The number of benzene rings is 1. The van der Waals surface area contributed by atoms with E-state index in [1.165, 1.54) is 0 Å². The summed E-state index contributed by atoms with van der Waals surface area (Å²) in [4.78, 5) is 0. The fourth-order valence-electron chi connectivity index (χ4n) is 1.04. The third-order valence-electron chi connectivity index (χ3n) is 1.77. The van der Waals surface area contributed by atoms with E-state index < -0.39 is 17.4 Å². The Morgan fingerprint density at radius 1 is 1.38 bits per heavy atom. The van der Waals surface area contributed by atoms with E-state index in [-0.39, 0.29) is 18.2 Å². The number of halogens is 4. The van der Waals surface area contributed by atoms with E-state index in [0.29, 0.717) is 5.56 Å². The van der Waals surface area contributed by atoms with Crippen LogP contribution in [-0.2, 0) is 6.54 Å². The molecule has 2 N–H and O–H groups in total. The smallest absolute Gasteiger partial charge is 0.191 e. The van der Waals surface area contributed by atoms with Gasteiger partial charge in [0, 0.05) is 12.1 Å². The zero-order valence-corrected chi connectivity index (χ0v) is 9.66. The molecule has 1 aromatic carbocycles. The minimum Gasteiger partial charge on any atom is -0.482 e. The maximum Gasteiger partial charge on any atom is 0.191 e. The molecule has 0 saturated heterocycles. The first-order valence-corrected chi connectivity index (χ1v) is 5.15. The molecule has 0 radical (unpaired) electrons. The lowest BCUT2D eigenvalue weighted by Gasteiger charge is -2.08. The topological polar surface area (TPSA) is 35.2 Å². The summed E-state index contributed by atoms with van der Waals surface area (Å²) in [5, 5.41) is 0.142. The van der Waals surface area contributed by atoms with Gasteiger partial charge in [-0.15, -0.1) is 0 Å². The van der Waals surface area contributed by atoms with E-state index in [2.05, 4.69) is 0 Å². The molecule has 0 heterocycles. The Morgan fingerprint density at radius 2 is 1.94 bits per heavy atom. The summed E-state index contributed by atoms with van der Waals surface area (Å²) >= 11 is 10.8. The van der Waals surface area contributed by atoms with Crippen molar-refractivity contribution < 1.29 is 13.5 Å². The van der Waals surface area contributed by atoms with Gasteiger partial charge in [-0.2, -0.15) is 0 Å². The zero-order chi connectivity index (χ0) is 12.1. The molecule has 0 aliphatic rings. The maximum atomic E-state index is 13.3. The van der Waals surface area contributed by atoms with Gasteiger partial charge in [0.25, 0.3) is 0 Å². The van der Waals surface area contributed by atoms with Crippen LogP contribution in [0.15, 0.2) is 22.7 Å². The van der Waals surface area contributed by atoms with Gasteiger partial charge in [-0.1, -0.05) is 23.2 Å². The SMILES string of the molecule is NCc1cc(F)c(OCC(Cl)=CCl)c(F)c1. The van der Waals surface area contributed by atoms with Crippen LogP contribution in [0.2, 0.25) is 0 Å². The molecule has 0 fully saturated rings. The van der Waals surface area contributed by atoms with E-state index in [4.69, 9.17) is 33.7 Å².